The molecule has 0 radical (unpaired) electrons. The minimum absolute atomic E-state index is 0.0132. The van der Waals surface area contributed by atoms with Crippen LogP contribution in [0, 0.1) is 0 Å². The summed E-state index contributed by atoms with van der Waals surface area (Å²) in [5.41, 5.74) is 1.84. The molecule has 13 heteroatoms. The first-order valence-electron chi connectivity index (χ1n) is 11.6. The molecule has 4 rings (SSSR count). The third-order valence-electron chi connectivity index (χ3n) is 6.31. The maximum Gasteiger partial charge on any atom is 0.453 e. The van der Waals surface area contributed by atoms with Gasteiger partial charge in [0.2, 0.25) is 5.91 Å². The molecule has 37 heavy (non-hydrogen) atoms. The minimum Gasteiger partial charge on any atom is -0.496 e. The van der Waals surface area contributed by atoms with Crippen LogP contribution in [0.2, 0.25) is 0 Å². The molecule has 1 saturated heterocycles. The Labute approximate surface area is 214 Å². The first kappa shape index (κ1) is 26.7. The van der Waals surface area contributed by atoms with Gasteiger partial charge >= 0.3 is 6.18 Å². The lowest BCUT2D eigenvalue weighted by Gasteiger charge is -2.39. The molecule has 2 heterocycles. The first-order chi connectivity index (χ1) is 17.7. The number of methoxy groups -OCH3 is 1. The van der Waals surface area contributed by atoms with E-state index in [1.165, 1.54) is 19.4 Å². The Balaban J connectivity index is 1.56. The van der Waals surface area contributed by atoms with E-state index in [1.54, 1.807) is 17.0 Å². The molecule has 198 valence electrons. The Bertz CT molecular complexity index is 1250. The number of aromatic nitrogens is 4. The van der Waals surface area contributed by atoms with Crippen molar-refractivity contribution in [2.24, 2.45) is 0 Å². The lowest BCUT2D eigenvalue weighted by Crippen LogP contribution is -2.50. The summed E-state index contributed by atoms with van der Waals surface area (Å²) in [5.74, 6) is -0.898. The molecule has 1 amide bonds. The fourth-order valence-corrected chi connectivity index (χ4v) is 5.07. The zero-order valence-electron chi connectivity index (χ0n) is 20.3. The smallest absolute Gasteiger partial charge is 0.453 e. The molecule has 3 aromatic rings. The van der Waals surface area contributed by atoms with Gasteiger partial charge in [-0.3, -0.25) is 9.00 Å². The molecule has 0 bridgehead atoms. The summed E-state index contributed by atoms with van der Waals surface area (Å²) in [6.07, 6.45) is -2.55. The van der Waals surface area contributed by atoms with Gasteiger partial charge < -0.3 is 15.0 Å². The van der Waals surface area contributed by atoms with E-state index in [4.69, 9.17) is 4.74 Å². The zero-order chi connectivity index (χ0) is 26.6. The molecular weight excluding hydrogens is 509 g/mol. The number of hydrogen-bond acceptors (Lipinski definition) is 7. The van der Waals surface area contributed by atoms with Crippen LogP contribution in [0.15, 0.2) is 48.5 Å². The molecule has 3 atom stereocenters. The average molecular weight is 537 g/mol. The lowest BCUT2D eigenvalue weighted by molar-refractivity contribution is -0.146. The molecule has 2 aromatic carbocycles. The van der Waals surface area contributed by atoms with Crippen molar-refractivity contribution in [3.63, 3.8) is 0 Å². The molecule has 1 aliphatic rings. The maximum atomic E-state index is 13.3. The number of nitrogens with zero attached hydrogens (tertiary/aromatic N) is 5. The van der Waals surface area contributed by atoms with Crippen LogP contribution in [-0.4, -0.2) is 73.5 Å². The standard InChI is InChI=1S/C24H27F3N6O3S/c1-36-21-9-8-18(33-23(24(25,26)27)29-30-31-33)12-17(21)13-28-20-10-11-32(22(34)15-37(2)35)14-19(20)16-6-4-3-5-7-16/h3-9,12,19-20,28H,10-11,13-15H2,1-2H3. The van der Waals surface area contributed by atoms with E-state index >= 15 is 0 Å². The Kier molecular flexibility index (Phi) is 8.22. The lowest BCUT2D eigenvalue weighted by atomic mass is 9.85. The molecule has 9 nitrogen and oxygen atoms in total. The SMILES string of the molecule is COc1ccc(-n2nnnc2C(F)(F)F)cc1CNC1CCN(C(=O)CS(C)=O)CC1c1ccccc1. The summed E-state index contributed by atoms with van der Waals surface area (Å²) in [5, 5.41) is 13.3. The number of rotatable bonds is 8. The molecule has 0 spiro atoms. The summed E-state index contributed by atoms with van der Waals surface area (Å²) >= 11 is 0. The van der Waals surface area contributed by atoms with E-state index in [0.717, 1.165) is 5.56 Å². The van der Waals surface area contributed by atoms with Gasteiger partial charge in [-0.1, -0.05) is 30.3 Å². The van der Waals surface area contributed by atoms with Crippen LogP contribution >= 0.6 is 0 Å². The van der Waals surface area contributed by atoms with Gasteiger partial charge in [-0.25, -0.2) is 0 Å². The molecule has 1 aliphatic heterocycles. The fourth-order valence-electron chi connectivity index (χ4n) is 4.54. The van der Waals surface area contributed by atoms with Gasteiger partial charge in [-0.05, 0) is 40.6 Å². The van der Waals surface area contributed by atoms with Crippen LogP contribution in [0.1, 0.15) is 29.3 Å². The van der Waals surface area contributed by atoms with Gasteiger partial charge in [0, 0.05) is 54.2 Å². The van der Waals surface area contributed by atoms with Crippen molar-refractivity contribution >= 4 is 16.7 Å². The zero-order valence-corrected chi connectivity index (χ0v) is 21.1. The number of hydrogen-bond donors (Lipinski definition) is 1. The number of ether oxygens (including phenoxy) is 1. The van der Waals surface area contributed by atoms with Crippen LogP contribution in [0.5, 0.6) is 5.75 Å². The van der Waals surface area contributed by atoms with Crippen LogP contribution in [0.4, 0.5) is 13.2 Å². The van der Waals surface area contributed by atoms with Gasteiger partial charge in [-0.15, -0.1) is 5.10 Å². The highest BCUT2D eigenvalue weighted by Gasteiger charge is 2.38. The van der Waals surface area contributed by atoms with Gasteiger partial charge in [0.05, 0.1) is 12.8 Å². The molecule has 0 aliphatic carbocycles. The second-order valence-corrected chi connectivity index (χ2v) is 10.2. The van der Waals surface area contributed by atoms with Gasteiger partial charge in [0.25, 0.3) is 5.82 Å². The van der Waals surface area contributed by atoms with E-state index in [0.29, 0.717) is 42.0 Å². The number of amides is 1. The van der Waals surface area contributed by atoms with Crippen molar-refractivity contribution in [2.45, 2.75) is 31.1 Å². The third kappa shape index (κ3) is 6.34. The van der Waals surface area contributed by atoms with Crippen molar-refractivity contribution in [2.75, 3.05) is 32.2 Å². The van der Waals surface area contributed by atoms with E-state index in [9.17, 15) is 22.2 Å². The molecular formula is C24H27F3N6O3S. The predicted molar refractivity (Wildman–Crippen MR) is 131 cm³/mol. The third-order valence-corrected chi connectivity index (χ3v) is 6.96. The first-order valence-corrected chi connectivity index (χ1v) is 13.3. The molecule has 0 saturated carbocycles. The van der Waals surface area contributed by atoms with E-state index in [-0.39, 0.29) is 29.3 Å². The summed E-state index contributed by atoms with van der Waals surface area (Å²) in [4.78, 5) is 14.3. The molecule has 1 N–H and O–H groups in total. The largest absolute Gasteiger partial charge is 0.496 e. The van der Waals surface area contributed by atoms with Crippen molar-refractivity contribution in [1.82, 2.24) is 30.4 Å². The summed E-state index contributed by atoms with van der Waals surface area (Å²) < 4.78 is 57.6. The van der Waals surface area contributed by atoms with Crippen molar-refractivity contribution in [3.05, 3.63) is 65.5 Å². The van der Waals surface area contributed by atoms with Crippen molar-refractivity contribution < 1.29 is 26.9 Å². The number of alkyl halides is 3. The van der Waals surface area contributed by atoms with Crippen LogP contribution in [0.3, 0.4) is 0 Å². The molecule has 1 fully saturated rings. The highest BCUT2D eigenvalue weighted by atomic mass is 32.2. The highest BCUT2D eigenvalue weighted by Crippen LogP contribution is 2.31. The fraction of sp³-hybridized carbons (Fsp3) is 0.417. The van der Waals surface area contributed by atoms with Gasteiger partial charge in [0.15, 0.2) is 0 Å². The van der Waals surface area contributed by atoms with Crippen molar-refractivity contribution in [1.29, 1.82) is 0 Å². The summed E-state index contributed by atoms with van der Waals surface area (Å²) in [6.45, 7) is 1.28. The second-order valence-electron chi connectivity index (χ2n) is 8.76. The average Bonchev–Trinajstić information content (AvgIpc) is 3.38. The normalized spacial score (nSPS) is 19.0. The summed E-state index contributed by atoms with van der Waals surface area (Å²) in [6, 6.07) is 14.4. The minimum atomic E-state index is -4.71. The van der Waals surface area contributed by atoms with E-state index < -0.39 is 22.8 Å². The Hall–Kier alpha value is -3.32. The molecule has 1 aromatic heterocycles. The van der Waals surface area contributed by atoms with Crippen LogP contribution < -0.4 is 10.1 Å². The van der Waals surface area contributed by atoms with Crippen LogP contribution in [-0.2, 0) is 28.3 Å². The molecule has 3 unspecified atom stereocenters. The number of nitrogens with one attached hydrogen (secondary N) is 1. The maximum absolute atomic E-state index is 13.3. The van der Waals surface area contributed by atoms with E-state index in [1.807, 2.05) is 30.3 Å². The highest BCUT2D eigenvalue weighted by molar-refractivity contribution is 7.85. The summed E-state index contributed by atoms with van der Waals surface area (Å²) in [7, 11) is 0.268. The van der Waals surface area contributed by atoms with Crippen LogP contribution in [0.25, 0.3) is 5.69 Å². The van der Waals surface area contributed by atoms with Gasteiger partial charge in [0.1, 0.15) is 11.5 Å². The number of benzene rings is 2. The number of carbonyl (C=O) groups is 1. The topological polar surface area (TPSA) is 102 Å². The number of halogens is 3. The van der Waals surface area contributed by atoms with Crippen molar-refractivity contribution in [3.8, 4) is 11.4 Å². The monoisotopic (exact) mass is 536 g/mol. The van der Waals surface area contributed by atoms with Gasteiger partial charge in [-0.2, -0.15) is 17.9 Å². The number of tetrazole rings is 1. The quantitative estimate of drug-likeness (QED) is 0.472. The predicted octanol–water partition coefficient (Wildman–Crippen LogP) is 2.54. The number of piperidine rings is 1. The second kappa shape index (κ2) is 11.4. The Morgan fingerprint density at radius 3 is 2.65 bits per heavy atom. The Morgan fingerprint density at radius 1 is 1.22 bits per heavy atom. The number of likely N-dealkylation sites (tertiary alicyclic amines) is 1. The number of carbonyl (C=O) groups excluding carboxylic acids is 1. The Morgan fingerprint density at radius 2 is 1.97 bits per heavy atom. The van der Waals surface area contributed by atoms with E-state index in [2.05, 4.69) is 20.8 Å².